The first-order valence-electron chi connectivity index (χ1n) is 11.0. The van der Waals surface area contributed by atoms with Gasteiger partial charge in [-0.15, -0.1) is 11.3 Å². The summed E-state index contributed by atoms with van der Waals surface area (Å²) in [6, 6.07) is 21.8. The fourth-order valence-corrected chi connectivity index (χ4v) is 6.10. The van der Waals surface area contributed by atoms with E-state index in [1.807, 2.05) is 48.5 Å². The minimum absolute atomic E-state index is 0.00299. The van der Waals surface area contributed by atoms with Gasteiger partial charge in [-0.25, -0.2) is 4.79 Å². The van der Waals surface area contributed by atoms with Crippen LogP contribution in [0.4, 0.5) is 5.00 Å². The highest BCUT2D eigenvalue weighted by molar-refractivity contribution is 7.99. The van der Waals surface area contributed by atoms with Crippen LogP contribution in [0.25, 0.3) is 5.69 Å². The van der Waals surface area contributed by atoms with Crippen LogP contribution < -0.4 is 15.6 Å². The Labute approximate surface area is 209 Å². The summed E-state index contributed by atoms with van der Waals surface area (Å²) in [5, 5.41) is 16.1. The largest absolute Gasteiger partial charge is 0.442 e. The molecule has 0 saturated heterocycles. The van der Waals surface area contributed by atoms with E-state index in [0.29, 0.717) is 10.6 Å². The van der Waals surface area contributed by atoms with Crippen molar-refractivity contribution in [3.05, 3.63) is 92.7 Å². The van der Waals surface area contributed by atoms with Gasteiger partial charge in [-0.3, -0.25) is 14.2 Å². The molecule has 2 N–H and O–H groups in total. The molecule has 5 rings (SSSR count). The summed E-state index contributed by atoms with van der Waals surface area (Å²) in [7, 11) is 0. The number of aromatic nitrogens is 2. The molecule has 1 aliphatic rings. The Kier molecular flexibility index (Phi) is 6.81. The van der Waals surface area contributed by atoms with E-state index < -0.39 is 5.63 Å². The molecule has 0 bridgehead atoms. The number of rotatable bonds is 7. The third-order valence-electron chi connectivity index (χ3n) is 5.71. The Hall–Kier alpha value is -3.65. The van der Waals surface area contributed by atoms with Gasteiger partial charge in [0.05, 0.1) is 11.3 Å². The van der Waals surface area contributed by atoms with Gasteiger partial charge in [0.25, 0.3) is 0 Å². The lowest BCUT2D eigenvalue weighted by molar-refractivity contribution is -0.704. The van der Waals surface area contributed by atoms with Crippen molar-refractivity contribution in [2.75, 3.05) is 17.6 Å². The molecule has 3 heterocycles. The van der Waals surface area contributed by atoms with Crippen molar-refractivity contribution in [2.45, 2.75) is 24.5 Å². The number of amides is 1. The molecule has 8 nitrogen and oxygen atoms in total. The Bertz CT molecular complexity index is 1440. The zero-order valence-electron chi connectivity index (χ0n) is 18.7. The number of thioether (sulfide) groups is 1. The average molecular weight is 505 g/mol. The zero-order chi connectivity index (χ0) is 24.2. The molecule has 0 unspecified atom stereocenters. The SMILES string of the molecule is N#Cc1c(NC(=O)CSc2c(=O)o[nH][n+]2-c2ccccc2)sc2c1CCN(Cc1ccccc1)C2. The minimum Gasteiger partial charge on any atom is -0.316 e. The summed E-state index contributed by atoms with van der Waals surface area (Å²) in [5.74, 6) is -0.283. The second-order valence-corrected chi connectivity index (χ2v) is 10.1. The average Bonchev–Trinajstić information content (AvgIpc) is 3.42. The van der Waals surface area contributed by atoms with Crippen LogP contribution in [0.1, 0.15) is 21.6 Å². The van der Waals surface area contributed by atoms with E-state index in [0.717, 1.165) is 53.9 Å². The van der Waals surface area contributed by atoms with Gasteiger partial charge in [-0.05, 0) is 39.3 Å². The number of hydrogen-bond donors (Lipinski definition) is 2. The Balaban J connectivity index is 1.26. The zero-order valence-corrected chi connectivity index (χ0v) is 20.3. The number of aromatic amines is 1. The third kappa shape index (κ3) is 5.07. The number of carbonyl (C=O) groups excluding carboxylic acids is 1. The van der Waals surface area contributed by atoms with Crippen molar-refractivity contribution in [1.29, 1.82) is 5.26 Å². The fraction of sp³-hybridized carbons (Fsp3) is 0.200. The van der Waals surface area contributed by atoms with Crippen LogP contribution in [0, 0.1) is 11.3 Å². The number of nitrogens with zero attached hydrogens (tertiary/aromatic N) is 3. The van der Waals surface area contributed by atoms with Crippen LogP contribution in [-0.2, 0) is 24.3 Å². The second-order valence-electron chi connectivity index (χ2n) is 8.06. The summed E-state index contributed by atoms with van der Waals surface area (Å²) < 4.78 is 6.44. The standard InChI is InChI=1S/C25H21N5O3S2/c26-13-20-19-11-12-29(14-17-7-3-1-4-8-17)15-21(19)35-23(20)27-22(31)16-34-24-25(32)33-28-30(24)18-9-5-2-6-10-18/h1-10H,11-12,14-16H2,(H-,27,28,31,32)/p+1. The van der Waals surface area contributed by atoms with E-state index in [4.69, 9.17) is 4.52 Å². The summed E-state index contributed by atoms with van der Waals surface area (Å²) in [5.41, 5.74) is 3.00. The maximum atomic E-state index is 12.8. The highest BCUT2D eigenvalue weighted by Gasteiger charge is 2.27. The topological polar surface area (TPSA) is 106 Å². The lowest BCUT2D eigenvalue weighted by Gasteiger charge is -2.26. The van der Waals surface area contributed by atoms with Gasteiger partial charge >= 0.3 is 10.7 Å². The molecule has 1 aliphatic heterocycles. The number of benzene rings is 2. The fourth-order valence-electron chi connectivity index (χ4n) is 4.07. The molecule has 35 heavy (non-hydrogen) atoms. The first-order chi connectivity index (χ1) is 17.1. The lowest BCUT2D eigenvalue weighted by Crippen LogP contribution is -2.36. The van der Waals surface area contributed by atoms with E-state index in [2.05, 4.69) is 33.7 Å². The van der Waals surface area contributed by atoms with E-state index in [1.165, 1.54) is 21.6 Å². The molecule has 0 atom stereocenters. The van der Waals surface area contributed by atoms with E-state index in [-0.39, 0.29) is 16.7 Å². The summed E-state index contributed by atoms with van der Waals surface area (Å²) in [6.07, 6.45) is 0.771. The number of para-hydroxylation sites is 1. The van der Waals surface area contributed by atoms with Crippen molar-refractivity contribution >= 4 is 34.0 Å². The molecular weight excluding hydrogens is 482 g/mol. The van der Waals surface area contributed by atoms with Gasteiger partial charge in [-0.2, -0.15) is 5.26 Å². The van der Waals surface area contributed by atoms with Crippen LogP contribution in [0.3, 0.4) is 0 Å². The monoisotopic (exact) mass is 504 g/mol. The molecule has 176 valence electrons. The Morgan fingerprint density at radius 3 is 2.69 bits per heavy atom. The number of fused-ring (bicyclic) bond motifs is 1. The van der Waals surface area contributed by atoms with Gasteiger partial charge < -0.3 is 5.32 Å². The van der Waals surface area contributed by atoms with Gasteiger partial charge in [-0.1, -0.05) is 48.5 Å². The van der Waals surface area contributed by atoms with Crippen molar-refractivity contribution in [3.63, 3.8) is 0 Å². The molecule has 10 heteroatoms. The van der Waals surface area contributed by atoms with E-state index >= 15 is 0 Å². The molecule has 0 saturated carbocycles. The molecule has 0 spiro atoms. The molecule has 2 aromatic carbocycles. The van der Waals surface area contributed by atoms with Crippen LogP contribution >= 0.6 is 23.1 Å². The number of H-pyrrole nitrogens is 1. The Morgan fingerprint density at radius 2 is 1.94 bits per heavy atom. The van der Waals surface area contributed by atoms with Crippen LogP contribution in [0.2, 0.25) is 0 Å². The second kappa shape index (κ2) is 10.3. The lowest BCUT2D eigenvalue weighted by atomic mass is 10.0. The van der Waals surface area contributed by atoms with Crippen molar-refractivity contribution < 1.29 is 14.0 Å². The van der Waals surface area contributed by atoms with Crippen LogP contribution in [-0.4, -0.2) is 28.4 Å². The van der Waals surface area contributed by atoms with Crippen LogP contribution in [0.15, 0.2) is 75.0 Å². The quantitative estimate of drug-likeness (QED) is 0.295. The smallest absolute Gasteiger partial charge is 0.316 e. The number of thiophene rings is 1. The summed E-state index contributed by atoms with van der Waals surface area (Å²) >= 11 is 2.54. The number of anilines is 1. The predicted molar refractivity (Wildman–Crippen MR) is 134 cm³/mol. The van der Waals surface area contributed by atoms with Crippen LogP contribution in [0.5, 0.6) is 0 Å². The van der Waals surface area contributed by atoms with Crippen molar-refractivity contribution in [1.82, 2.24) is 10.2 Å². The molecule has 1 amide bonds. The normalized spacial score (nSPS) is 13.2. The maximum absolute atomic E-state index is 12.8. The first-order valence-corrected chi connectivity index (χ1v) is 12.8. The van der Waals surface area contributed by atoms with E-state index in [1.54, 1.807) is 0 Å². The molecule has 0 fully saturated rings. The number of nitriles is 1. The summed E-state index contributed by atoms with van der Waals surface area (Å²) in [6.45, 7) is 2.45. The highest BCUT2D eigenvalue weighted by Crippen LogP contribution is 2.37. The number of hydrogen-bond acceptors (Lipinski definition) is 7. The highest BCUT2D eigenvalue weighted by atomic mass is 32.2. The van der Waals surface area contributed by atoms with Crippen molar-refractivity contribution in [2.24, 2.45) is 0 Å². The molecule has 4 aromatic rings. The van der Waals surface area contributed by atoms with Gasteiger partial charge in [0, 0.05) is 36.6 Å². The predicted octanol–water partition coefficient (Wildman–Crippen LogP) is 3.47. The van der Waals surface area contributed by atoms with Gasteiger partial charge in [0.1, 0.15) is 11.1 Å². The van der Waals surface area contributed by atoms with Gasteiger partial charge in [0.2, 0.25) is 11.6 Å². The maximum Gasteiger partial charge on any atom is 0.442 e. The third-order valence-corrected chi connectivity index (χ3v) is 7.87. The molecule has 2 aromatic heterocycles. The van der Waals surface area contributed by atoms with E-state index in [9.17, 15) is 14.9 Å². The molecule has 0 radical (unpaired) electrons. The number of carbonyl (C=O) groups is 1. The summed E-state index contributed by atoms with van der Waals surface area (Å²) in [4.78, 5) is 28.4. The number of nitrogens with one attached hydrogen (secondary N) is 2. The minimum atomic E-state index is -0.547. The van der Waals surface area contributed by atoms with Crippen molar-refractivity contribution in [3.8, 4) is 11.8 Å². The molecular formula is C25H22N5O3S2+. The Morgan fingerprint density at radius 1 is 1.20 bits per heavy atom. The van der Waals surface area contributed by atoms with Gasteiger partial charge in [0.15, 0.2) is 0 Å². The first kappa shape index (κ1) is 23.1. The molecule has 0 aliphatic carbocycles.